The molecule has 0 saturated heterocycles. The molecule has 0 saturated carbocycles. The van der Waals surface area contributed by atoms with E-state index in [4.69, 9.17) is 0 Å². The van der Waals surface area contributed by atoms with Gasteiger partial charge in [-0.25, -0.2) is 8.42 Å². The van der Waals surface area contributed by atoms with E-state index in [1.54, 1.807) is 13.8 Å². The Bertz CT molecular complexity index is 672. The number of H-pyrrole nitrogens is 1. The van der Waals surface area contributed by atoms with Gasteiger partial charge in [0.25, 0.3) is 0 Å². The van der Waals surface area contributed by atoms with Crippen LogP contribution in [0.3, 0.4) is 0 Å². The Morgan fingerprint density at radius 1 is 1.26 bits per heavy atom. The average molecular weight is 280 g/mol. The largest absolute Gasteiger partial charge is 0.361 e. The minimum atomic E-state index is -3.05. The summed E-state index contributed by atoms with van der Waals surface area (Å²) in [6.45, 7) is 4.58. The molecule has 0 unspecified atom stereocenters. The zero-order chi connectivity index (χ0) is 14.1. The fraction of sp³-hybridized carbons (Fsp3) is 0.429. The van der Waals surface area contributed by atoms with Crippen molar-refractivity contribution in [2.45, 2.75) is 25.1 Å². The molecule has 1 aromatic carbocycles. The topological polar surface area (TPSA) is 62.0 Å². The quantitative estimate of drug-likeness (QED) is 0.881. The van der Waals surface area contributed by atoms with E-state index in [1.165, 1.54) is 11.6 Å². The van der Waals surface area contributed by atoms with E-state index >= 15 is 0 Å². The van der Waals surface area contributed by atoms with Gasteiger partial charge in [0, 0.05) is 31.1 Å². The van der Waals surface area contributed by atoms with E-state index in [0.717, 1.165) is 11.1 Å². The van der Waals surface area contributed by atoms with Crippen molar-refractivity contribution in [1.82, 2.24) is 10.3 Å². The fourth-order valence-electron chi connectivity index (χ4n) is 1.84. The second-order valence-electron chi connectivity index (χ2n) is 5.53. The van der Waals surface area contributed by atoms with Gasteiger partial charge in [0.2, 0.25) is 0 Å². The maximum atomic E-state index is 11.6. The van der Waals surface area contributed by atoms with Crippen molar-refractivity contribution in [3.05, 3.63) is 36.0 Å². The summed E-state index contributed by atoms with van der Waals surface area (Å²) < 4.78 is 22.4. The first kappa shape index (κ1) is 14.1. The lowest BCUT2D eigenvalue weighted by atomic mass is 10.1. The van der Waals surface area contributed by atoms with Gasteiger partial charge in [-0.3, -0.25) is 0 Å². The number of aromatic amines is 1. The molecule has 19 heavy (non-hydrogen) atoms. The lowest BCUT2D eigenvalue weighted by Gasteiger charge is -2.22. The van der Waals surface area contributed by atoms with Crippen LogP contribution in [0.5, 0.6) is 0 Å². The van der Waals surface area contributed by atoms with Crippen molar-refractivity contribution in [2.24, 2.45) is 0 Å². The van der Waals surface area contributed by atoms with E-state index in [9.17, 15) is 8.42 Å². The van der Waals surface area contributed by atoms with Crippen molar-refractivity contribution < 1.29 is 8.42 Å². The summed E-state index contributed by atoms with van der Waals surface area (Å²) in [7, 11) is -3.05. The number of fused-ring (bicyclic) bond motifs is 1. The van der Waals surface area contributed by atoms with Crippen molar-refractivity contribution in [2.75, 3.05) is 12.8 Å². The monoisotopic (exact) mass is 280 g/mol. The van der Waals surface area contributed by atoms with Crippen LogP contribution in [0.4, 0.5) is 0 Å². The molecule has 0 amide bonds. The number of rotatable bonds is 5. The van der Waals surface area contributed by atoms with E-state index in [-0.39, 0.29) is 0 Å². The fourth-order valence-corrected chi connectivity index (χ4v) is 2.21. The van der Waals surface area contributed by atoms with E-state index in [2.05, 4.69) is 28.5 Å². The molecule has 2 N–H and O–H groups in total. The van der Waals surface area contributed by atoms with E-state index in [1.807, 2.05) is 12.3 Å². The van der Waals surface area contributed by atoms with E-state index in [0.29, 0.717) is 13.1 Å². The zero-order valence-electron chi connectivity index (χ0n) is 11.5. The third kappa shape index (κ3) is 3.16. The molecule has 0 spiro atoms. The molecule has 5 heteroatoms. The third-order valence-corrected chi connectivity index (χ3v) is 5.65. The Morgan fingerprint density at radius 3 is 2.68 bits per heavy atom. The highest BCUT2D eigenvalue weighted by atomic mass is 32.2. The molecule has 0 aliphatic carbocycles. The molecule has 1 heterocycles. The number of hydrogen-bond acceptors (Lipinski definition) is 3. The number of nitrogens with one attached hydrogen (secondary N) is 2. The van der Waals surface area contributed by atoms with Crippen LogP contribution in [0.1, 0.15) is 19.4 Å². The second kappa shape index (κ2) is 4.98. The molecule has 0 atom stereocenters. The number of benzene rings is 1. The van der Waals surface area contributed by atoms with Crippen LogP contribution in [0.2, 0.25) is 0 Å². The van der Waals surface area contributed by atoms with Crippen LogP contribution >= 0.6 is 0 Å². The molecule has 2 rings (SSSR count). The summed E-state index contributed by atoms with van der Waals surface area (Å²) in [6, 6.07) is 8.22. The highest BCUT2D eigenvalue weighted by Gasteiger charge is 2.29. The molecular weight excluding hydrogens is 260 g/mol. The summed E-state index contributed by atoms with van der Waals surface area (Å²) in [6.07, 6.45) is 3.19. The molecule has 1 aromatic heterocycles. The first-order chi connectivity index (χ1) is 8.79. The van der Waals surface area contributed by atoms with Gasteiger partial charge in [0.15, 0.2) is 9.84 Å². The van der Waals surface area contributed by atoms with Gasteiger partial charge in [-0.1, -0.05) is 12.1 Å². The smallest absolute Gasteiger partial charge is 0.153 e. The van der Waals surface area contributed by atoms with Crippen molar-refractivity contribution >= 4 is 20.7 Å². The predicted octanol–water partition coefficient (Wildman–Crippen LogP) is 2.08. The van der Waals surface area contributed by atoms with E-state index < -0.39 is 14.6 Å². The molecule has 0 radical (unpaired) electrons. The Labute approximate surface area is 114 Å². The molecule has 2 aromatic rings. The Balaban J connectivity index is 1.99. The molecular formula is C14H20N2O2S. The van der Waals surface area contributed by atoms with Crippen LogP contribution in [-0.2, 0) is 16.4 Å². The first-order valence-electron chi connectivity index (χ1n) is 6.26. The van der Waals surface area contributed by atoms with Gasteiger partial charge in [-0.15, -0.1) is 0 Å². The van der Waals surface area contributed by atoms with Crippen molar-refractivity contribution in [3.63, 3.8) is 0 Å². The van der Waals surface area contributed by atoms with Gasteiger partial charge in [-0.2, -0.15) is 0 Å². The Hall–Kier alpha value is -1.33. The minimum absolute atomic E-state index is 0.439. The zero-order valence-corrected chi connectivity index (χ0v) is 12.3. The molecule has 104 valence electrons. The maximum Gasteiger partial charge on any atom is 0.153 e. The number of sulfone groups is 1. The van der Waals surface area contributed by atoms with Gasteiger partial charge < -0.3 is 10.3 Å². The van der Waals surface area contributed by atoms with Crippen LogP contribution < -0.4 is 5.32 Å². The van der Waals surface area contributed by atoms with Gasteiger partial charge in [0.1, 0.15) is 0 Å². The van der Waals surface area contributed by atoms with Crippen molar-refractivity contribution in [1.29, 1.82) is 0 Å². The summed E-state index contributed by atoms with van der Waals surface area (Å²) in [5, 5.41) is 4.39. The number of aromatic nitrogens is 1. The third-order valence-electron chi connectivity index (χ3n) is 3.50. The van der Waals surface area contributed by atoms with Gasteiger partial charge >= 0.3 is 0 Å². The first-order valence-corrected chi connectivity index (χ1v) is 8.15. The highest BCUT2D eigenvalue weighted by molar-refractivity contribution is 7.92. The summed E-state index contributed by atoms with van der Waals surface area (Å²) >= 11 is 0. The molecule has 0 aliphatic heterocycles. The number of hydrogen-bond donors (Lipinski definition) is 2. The SMILES string of the molecule is CC(C)(CNCc1ccc2cc[nH]c2c1)S(C)(=O)=O. The molecule has 0 bridgehead atoms. The van der Waals surface area contributed by atoms with Crippen molar-refractivity contribution in [3.8, 4) is 0 Å². The average Bonchev–Trinajstić information content (AvgIpc) is 2.74. The van der Waals surface area contributed by atoms with Crippen LogP contribution in [0.15, 0.2) is 30.5 Å². The van der Waals surface area contributed by atoms with Crippen LogP contribution in [0, 0.1) is 0 Å². The summed E-state index contributed by atoms with van der Waals surface area (Å²) in [5.41, 5.74) is 2.24. The molecule has 4 nitrogen and oxygen atoms in total. The Kier molecular flexibility index (Phi) is 3.69. The maximum absolute atomic E-state index is 11.6. The van der Waals surface area contributed by atoms with Gasteiger partial charge in [0.05, 0.1) is 4.75 Å². The van der Waals surface area contributed by atoms with Gasteiger partial charge in [-0.05, 0) is 36.9 Å². The Morgan fingerprint density at radius 2 is 2.00 bits per heavy atom. The molecule has 0 aliphatic rings. The van der Waals surface area contributed by atoms with Crippen LogP contribution in [-0.4, -0.2) is 30.9 Å². The second-order valence-corrected chi connectivity index (χ2v) is 8.18. The minimum Gasteiger partial charge on any atom is -0.361 e. The standard InChI is InChI=1S/C14H20N2O2S/c1-14(2,19(3,17)18)10-15-9-11-4-5-12-6-7-16-13(12)8-11/h4-8,15-16H,9-10H2,1-3H3. The summed E-state index contributed by atoms with van der Waals surface area (Å²) in [4.78, 5) is 3.17. The highest BCUT2D eigenvalue weighted by Crippen LogP contribution is 2.16. The lowest BCUT2D eigenvalue weighted by molar-refractivity contribution is 0.521. The predicted molar refractivity (Wildman–Crippen MR) is 78.9 cm³/mol. The lowest BCUT2D eigenvalue weighted by Crippen LogP contribution is -2.41. The van der Waals surface area contributed by atoms with Crippen LogP contribution in [0.25, 0.3) is 10.9 Å². The summed E-state index contributed by atoms with van der Waals surface area (Å²) in [5.74, 6) is 0. The molecule has 0 fully saturated rings. The normalized spacial score (nSPS) is 13.0.